The number of hydrogen-bond acceptors (Lipinski definition) is 4. The molecule has 0 radical (unpaired) electrons. The molecule has 26 heavy (non-hydrogen) atoms. The van der Waals surface area contributed by atoms with Crippen molar-refractivity contribution in [3.63, 3.8) is 0 Å². The van der Waals surface area contributed by atoms with E-state index in [1.54, 1.807) is 4.57 Å². The first-order chi connectivity index (χ1) is 12.4. The molecule has 144 valence electrons. The minimum atomic E-state index is -0.482. The summed E-state index contributed by atoms with van der Waals surface area (Å²) in [4.78, 5) is 23.0. The lowest BCUT2D eigenvalue weighted by molar-refractivity contribution is -0.384. The van der Waals surface area contributed by atoms with Crippen LogP contribution >= 0.6 is 0 Å². The largest absolute Gasteiger partial charge is 0.371 e. The number of carbonyl (C=O) groups excluding carboxylic acids is 1. The van der Waals surface area contributed by atoms with Gasteiger partial charge in [-0.25, -0.2) is 0 Å². The normalized spacial score (nSPS) is 14.6. The number of nitrogens with zero attached hydrogens (tertiary/aromatic N) is 2. The zero-order valence-electron chi connectivity index (χ0n) is 15.6. The Bertz CT molecular complexity index is 647. The molecule has 1 fully saturated rings. The summed E-state index contributed by atoms with van der Waals surface area (Å²) < 4.78 is 1.65. The number of nitrogens with one attached hydrogen (secondary N) is 3. The molecule has 3 N–H and O–H groups in total. The Morgan fingerprint density at radius 3 is 2.73 bits per heavy atom. The fourth-order valence-corrected chi connectivity index (χ4v) is 3.15. The highest BCUT2D eigenvalue weighted by Crippen LogP contribution is 2.19. The topological polar surface area (TPSA) is 113 Å². The van der Waals surface area contributed by atoms with E-state index in [9.17, 15) is 14.9 Å². The second-order valence-electron chi connectivity index (χ2n) is 7.33. The van der Waals surface area contributed by atoms with Gasteiger partial charge < -0.3 is 15.2 Å². The van der Waals surface area contributed by atoms with Crippen LogP contribution in [0.4, 0.5) is 5.69 Å². The van der Waals surface area contributed by atoms with E-state index >= 15 is 0 Å². The van der Waals surface area contributed by atoms with E-state index in [4.69, 9.17) is 5.41 Å². The maximum Gasteiger partial charge on any atom is 0.287 e. The average Bonchev–Trinajstić information content (AvgIpc) is 3.22. The Kier molecular flexibility index (Phi) is 7.17. The summed E-state index contributed by atoms with van der Waals surface area (Å²) in [6, 6.07) is 1.70. The lowest BCUT2D eigenvalue weighted by atomic mass is 10.1. The fraction of sp³-hybridized carbons (Fsp3) is 0.667. The molecule has 1 amide bonds. The number of aromatic nitrogens is 1. The number of nitro groups is 1. The first-order valence-electron chi connectivity index (χ1n) is 9.33. The summed E-state index contributed by atoms with van der Waals surface area (Å²) in [5.41, 5.74) is 0.224. The molecule has 8 heteroatoms. The molecule has 0 saturated heterocycles. The van der Waals surface area contributed by atoms with Gasteiger partial charge in [0, 0.05) is 31.6 Å². The van der Waals surface area contributed by atoms with Gasteiger partial charge >= 0.3 is 0 Å². The average molecular weight is 363 g/mol. The molecule has 8 nitrogen and oxygen atoms in total. The molecular formula is C18H29N5O3. The van der Waals surface area contributed by atoms with Gasteiger partial charge in [-0.3, -0.25) is 20.3 Å². The molecule has 0 atom stereocenters. The highest BCUT2D eigenvalue weighted by atomic mass is 16.6. The molecule has 0 aliphatic heterocycles. The van der Waals surface area contributed by atoms with Gasteiger partial charge in [0.25, 0.3) is 11.6 Å². The Balaban J connectivity index is 1.88. The van der Waals surface area contributed by atoms with Gasteiger partial charge in [0.1, 0.15) is 5.69 Å². The van der Waals surface area contributed by atoms with E-state index in [-0.39, 0.29) is 11.6 Å². The molecule has 1 aromatic heterocycles. The van der Waals surface area contributed by atoms with Crippen molar-refractivity contribution in [3.8, 4) is 0 Å². The van der Waals surface area contributed by atoms with E-state index in [2.05, 4.69) is 24.5 Å². The first-order valence-corrected chi connectivity index (χ1v) is 9.33. The van der Waals surface area contributed by atoms with Gasteiger partial charge in [-0.15, -0.1) is 0 Å². The van der Waals surface area contributed by atoms with Gasteiger partial charge in [0.2, 0.25) is 0 Å². The van der Waals surface area contributed by atoms with Crippen LogP contribution in [0.2, 0.25) is 0 Å². The van der Waals surface area contributed by atoms with Gasteiger partial charge in [0.15, 0.2) is 0 Å². The maximum atomic E-state index is 12.4. The van der Waals surface area contributed by atoms with E-state index in [0.717, 1.165) is 19.3 Å². The van der Waals surface area contributed by atoms with E-state index < -0.39 is 4.92 Å². The summed E-state index contributed by atoms with van der Waals surface area (Å²) in [7, 11) is 0. The van der Waals surface area contributed by atoms with Crippen molar-refractivity contribution < 1.29 is 9.72 Å². The highest BCUT2D eigenvalue weighted by molar-refractivity contribution is 5.93. The molecule has 1 aromatic rings. The first kappa shape index (κ1) is 19.9. The molecule has 0 spiro atoms. The van der Waals surface area contributed by atoms with Crippen LogP contribution in [-0.4, -0.2) is 33.8 Å². The van der Waals surface area contributed by atoms with E-state index in [0.29, 0.717) is 43.0 Å². The number of hydrogen-bond donors (Lipinski definition) is 3. The second-order valence-corrected chi connectivity index (χ2v) is 7.33. The monoisotopic (exact) mass is 363 g/mol. The number of aryl methyl sites for hydroxylation is 1. The van der Waals surface area contributed by atoms with Gasteiger partial charge in [-0.05, 0) is 25.2 Å². The van der Waals surface area contributed by atoms with Crippen molar-refractivity contribution >= 4 is 17.4 Å². The second kappa shape index (κ2) is 9.35. The molecule has 0 unspecified atom stereocenters. The fourth-order valence-electron chi connectivity index (χ4n) is 3.15. The molecule has 1 aliphatic carbocycles. The SMILES string of the molecule is CC(C)CCn1cc([N+](=O)[O-])cc1C(=O)NCCC(=N)NC1CCCC1. The quantitative estimate of drug-likeness (QED) is 0.271. The lowest BCUT2D eigenvalue weighted by Crippen LogP contribution is -2.35. The third kappa shape index (κ3) is 5.86. The van der Waals surface area contributed by atoms with Crippen molar-refractivity contribution in [2.24, 2.45) is 5.92 Å². The standard InChI is InChI=1S/C18H29N5O3/c1-13(2)8-10-22-12-15(23(25)26)11-16(22)18(24)20-9-7-17(19)21-14-5-3-4-6-14/h11-14H,3-10H2,1-2H3,(H2,19,21)(H,20,24). The van der Waals surface area contributed by atoms with Crippen molar-refractivity contribution in [3.05, 3.63) is 28.1 Å². The van der Waals surface area contributed by atoms with Crippen LogP contribution in [0, 0.1) is 21.4 Å². The third-order valence-electron chi connectivity index (χ3n) is 4.67. The van der Waals surface area contributed by atoms with Crippen LogP contribution in [0.1, 0.15) is 62.9 Å². The van der Waals surface area contributed by atoms with E-state index in [1.807, 2.05) is 0 Å². The number of amides is 1. The molecular weight excluding hydrogens is 334 g/mol. The van der Waals surface area contributed by atoms with Crippen LogP contribution in [0.5, 0.6) is 0 Å². The van der Waals surface area contributed by atoms with Crippen LogP contribution < -0.4 is 10.6 Å². The summed E-state index contributed by atoms with van der Waals surface area (Å²) in [5.74, 6) is 0.531. The maximum absolute atomic E-state index is 12.4. The van der Waals surface area contributed by atoms with Crippen molar-refractivity contribution in [2.75, 3.05) is 6.54 Å². The van der Waals surface area contributed by atoms with Crippen LogP contribution in [0.15, 0.2) is 12.3 Å². The Hall–Kier alpha value is -2.38. The van der Waals surface area contributed by atoms with E-state index in [1.165, 1.54) is 25.1 Å². The molecule has 1 heterocycles. The summed E-state index contributed by atoms with van der Waals surface area (Å²) in [5, 5.41) is 24.9. The number of carbonyl (C=O) groups is 1. The summed E-state index contributed by atoms with van der Waals surface area (Å²) >= 11 is 0. The Morgan fingerprint density at radius 2 is 2.12 bits per heavy atom. The van der Waals surface area contributed by atoms with Crippen molar-refractivity contribution in [2.45, 2.75) is 65.0 Å². The summed E-state index contributed by atoms with van der Waals surface area (Å²) in [6.07, 6.45) is 7.28. The number of rotatable bonds is 9. The van der Waals surface area contributed by atoms with Crippen LogP contribution in [0.3, 0.4) is 0 Å². The van der Waals surface area contributed by atoms with Crippen molar-refractivity contribution in [1.29, 1.82) is 5.41 Å². The smallest absolute Gasteiger partial charge is 0.287 e. The van der Waals surface area contributed by atoms with Crippen LogP contribution in [-0.2, 0) is 6.54 Å². The Labute approximate surface area is 154 Å². The molecule has 1 aliphatic rings. The predicted molar refractivity (Wildman–Crippen MR) is 101 cm³/mol. The molecule has 2 rings (SSSR count). The molecule has 1 saturated carbocycles. The minimum absolute atomic E-state index is 0.0745. The predicted octanol–water partition coefficient (Wildman–Crippen LogP) is 3.07. The minimum Gasteiger partial charge on any atom is -0.371 e. The highest BCUT2D eigenvalue weighted by Gasteiger charge is 2.20. The number of amidine groups is 1. The van der Waals surface area contributed by atoms with Gasteiger partial charge in [-0.2, -0.15) is 0 Å². The molecule has 0 bridgehead atoms. The third-order valence-corrected chi connectivity index (χ3v) is 4.67. The van der Waals surface area contributed by atoms with Gasteiger partial charge in [0.05, 0.1) is 17.0 Å². The zero-order chi connectivity index (χ0) is 19.1. The van der Waals surface area contributed by atoms with Crippen molar-refractivity contribution in [1.82, 2.24) is 15.2 Å². The summed E-state index contributed by atoms with van der Waals surface area (Å²) in [6.45, 7) is 5.04. The Morgan fingerprint density at radius 1 is 1.42 bits per heavy atom. The lowest BCUT2D eigenvalue weighted by Gasteiger charge is -2.15. The zero-order valence-corrected chi connectivity index (χ0v) is 15.6. The van der Waals surface area contributed by atoms with Gasteiger partial charge in [-0.1, -0.05) is 26.7 Å². The van der Waals surface area contributed by atoms with Crippen LogP contribution in [0.25, 0.3) is 0 Å². The molecule has 0 aromatic carbocycles.